The van der Waals surface area contributed by atoms with E-state index in [0.29, 0.717) is 0 Å². The van der Waals surface area contributed by atoms with Crippen LogP contribution in [-0.2, 0) is 6.42 Å². The van der Waals surface area contributed by atoms with E-state index in [-0.39, 0.29) is 0 Å². The number of hydrogen-bond donors (Lipinski definition) is 0. The fourth-order valence-electron chi connectivity index (χ4n) is 2.48. The van der Waals surface area contributed by atoms with Crippen LogP contribution in [0, 0.1) is 6.92 Å². The average Bonchev–Trinajstić information content (AvgIpc) is 2.43. The third-order valence-corrected chi connectivity index (χ3v) is 3.50. The first-order valence-electron chi connectivity index (χ1n) is 6.36. The topological polar surface area (TPSA) is 0 Å². The first-order valence-corrected chi connectivity index (χ1v) is 6.36. The molecule has 0 radical (unpaired) electrons. The lowest BCUT2D eigenvalue weighted by atomic mass is 9.94. The van der Waals surface area contributed by atoms with E-state index in [2.05, 4.69) is 73.7 Å². The molecular weight excluding hydrogens is 216 g/mol. The maximum absolute atomic E-state index is 2.22. The summed E-state index contributed by atoms with van der Waals surface area (Å²) in [5.41, 5.74) is 4.19. The van der Waals surface area contributed by atoms with Crippen molar-refractivity contribution in [2.24, 2.45) is 0 Å². The van der Waals surface area contributed by atoms with Gasteiger partial charge in [-0.2, -0.15) is 0 Å². The fraction of sp³-hybridized carbons (Fsp3) is 0.111. The first-order chi connectivity index (χ1) is 8.84. The van der Waals surface area contributed by atoms with E-state index < -0.39 is 0 Å². The molecule has 0 nitrogen and oxygen atoms in total. The van der Waals surface area contributed by atoms with Crippen molar-refractivity contribution in [2.45, 2.75) is 13.3 Å². The number of fused-ring (bicyclic) bond motifs is 1. The standard InChI is InChI=1S/C18H16/c1-14-11-12-16-9-5-6-10-17(16)18(14)13-15-7-3-2-4-8-15/h2-12H,13H2,1H3. The van der Waals surface area contributed by atoms with Gasteiger partial charge in [0.2, 0.25) is 0 Å². The highest BCUT2D eigenvalue weighted by molar-refractivity contribution is 5.87. The van der Waals surface area contributed by atoms with Gasteiger partial charge in [-0.1, -0.05) is 66.7 Å². The third kappa shape index (κ3) is 2.02. The molecule has 0 atom stereocenters. The first kappa shape index (κ1) is 11.0. The molecule has 0 aliphatic heterocycles. The van der Waals surface area contributed by atoms with E-state index in [9.17, 15) is 0 Å². The van der Waals surface area contributed by atoms with Crippen molar-refractivity contribution >= 4 is 10.8 Å². The second-order valence-electron chi connectivity index (χ2n) is 4.74. The van der Waals surface area contributed by atoms with Gasteiger partial charge in [-0.3, -0.25) is 0 Å². The molecule has 0 amide bonds. The minimum atomic E-state index is 1.01. The van der Waals surface area contributed by atoms with Crippen molar-refractivity contribution in [3.8, 4) is 0 Å². The molecule has 0 aliphatic carbocycles. The molecule has 0 spiro atoms. The van der Waals surface area contributed by atoms with Crippen molar-refractivity contribution in [3.05, 3.63) is 83.4 Å². The Labute approximate surface area is 108 Å². The van der Waals surface area contributed by atoms with Gasteiger partial charge >= 0.3 is 0 Å². The molecule has 3 aromatic carbocycles. The Morgan fingerprint density at radius 1 is 0.722 bits per heavy atom. The summed E-state index contributed by atoms with van der Waals surface area (Å²) in [6, 6.07) is 23.7. The minimum Gasteiger partial charge on any atom is -0.0622 e. The normalized spacial score (nSPS) is 10.7. The van der Waals surface area contributed by atoms with Gasteiger partial charge in [0.25, 0.3) is 0 Å². The predicted octanol–water partition coefficient (Wildman–Crippen LogP) is 4.74. The Hall–Kier alpha value is -2.08. The van der Waals surface area contributed by atoms with E-state index in [1.54, 1.807) is 0 Å². The van der Waals surface area contributed by atoms with E-state index >= 15 is 0 Å². The molecule has 0 heteroatoms. The van der Waals surface area contributed by atoms with Gasteiger partial charge in [0.05, 0.1) is 0 Å². The van der Waals surface area contributed by atoms with Crippen LogP contribution in [0.5, 0.6) is 0 Å². The Morgan fingerprint density at radius 2 is 1.44 bits per heavy atom. The molecule has 0 fully saturated rings. The molecule has 0 saturated heterocycles. The van der Waals surface area contributed by atoms with E-state index in [4.69, 9.17) is 0 Å². The highest BCUT2D eigenvalue weighted by atomic mass is 14.1. The molecule has 0 N–H and O–H groups in total. The molecule has 3 rings (SSSR count). The summed E-state index contributed by atoms with van der Waals surface area (Å²) in [5.74, 6) is 0. The summed E-state index contributed by atoms with van der Waals surface area (Å²) in [5, 5.41) is 2.70. The second kappa shape index (κ2) is 4.66. The van der Waals surface area contributed by atoms with Crippen LogP contribution in [0.15, 0.2) is 66.7 Å². The van der Waals surface area contributed by atoms with Crippen LogP contribution in [0.1, 0.15) is 16.7 Å². The minimum absolute atomic E-state index is 1.01. The Morgan fingerprint density at radius 3 is 2.28 bits per heavy atom. The summed E-state index contributed by atoms with van der Waals surface area (Å²) in [7, 11) is 0. The maximum atomic E-state index is 2.22. The lowest BCUT2D eigenvalue weighted by Gasteiger charge is -2.10. The van der Waals surface area contributed by atoms with Crippen LogP contribution in [0.25, 0.3) is 10.8 Å². The van der Waals surface area contributed by atoms with Crippen LogP contribution in [-0.4, -0.2) is 0 Å². The second-order valence-corrected chi connectivity index (χ2v) is 4.74. The van der Waals surface area contributed by atoms with Crippen LogP contribution < -0.4 is 0 Å². The summed E-state index contributed by atoms with van der Waals surface area (Å²) in [6.45, 7) is 2.20. The molecule has 18 heavy (non-hydrogen) atoms. The summed E-state index contributed by atoms with van der Waals surface area (Å²) in [6.07, 6.45) is 1.01. The van der Waals surface area contributed by atoms with Gasteiger partial charge in [0.1, 0.15) is 0 Å². The van der Waals surface area contributed by atoms with Crippen LogP contribution in [0.3, 0.4) is 0 Å². The van der Waals surface area contributed by atoms with Gasteiger partial charge in [-0.05, 0) is 40.8 Å². The van der Waals surface area contributed by atoms with Crippen molar-refractivity contribution in [1.82, 2.24) is 0 Å². The van der Waals surface area contributed by atoms with Crippen molar-refractivity contribution in [1.29, 1.82) is 0 Å². The number of aryl methyl sites for hydroxylation is 1. The van der Waals surface area contributed by atoms with E-state index in [1.807, 2.05) is 0 Å². The SMILES string of the molecule is Cc1ccc2ccccc2c1Cc1ccccc1. The average molecular weight is 232 g/mol. The monoisotopic (exact) mass is 232 g/mol. The molecule has 0 unspecified atom stereocenters. The van der Waals surface area contributed by atoms with Crippen molar-refractivity contribution < 1.29 is 0 Å². The van der Waals surface area contributed by atoms with Crippen LogP contribution >= 0.6 is 0 Å². The largest absolute Gasteiger partial charge is 0.0622 e. The van der Waals surface area contributed by atoms with Crippen LogP contribution in [0.4, 0.5) is 0 Å². The number of benzene rings is 3. The molecule has 88 valence electrons. The zero-order chi connectivity index (χ0) is 12.4. The van der Waals surface area contributed by atoms with Crippen LogP contribution in [0.2, 0.25) is 0 Å². The fourth-order valence-corrected chi connectivity index (χ4v) is 2.48. The molecule has 0 aliphatic rings. The van der Waals surface area contributed by atoms with Crippen molar-refractivity contribution in [3.63, 3.8) is 0 Å². The highest BCUT2D eigenvalue weighted by Gasteiger charge is 2.05. The molecule has 0 aromatic heterocycles. The Kier molecular flexibility index (Phi) is 2.85. The number of rotatable bonds is 2. The molecule has 3 aromatic rings. The van der Waals surface area contributed by atoms with Gasteiger partial charge < -0.3 is 0 Å². The van der Waals surface area contributed by atoms with Gasteiger partial charge in [-0.15, -0.1) is 0 Å². The number of hydrogen-bond acceptors (Lipinski definition) is 0. The summed E-state index contributed by atoms with van der Waals surface area (Å²) in [4.78, 5) is 0. The molecular formula is C18H16. The van der Waals surface area contributed by atoms with Gasteiger partial charge in [0, 0.05) is 0 Å². The summed E-state index contributed by atoms with van der Waals surface area (Å²) >= 11 is 0. The zero-order valence-electron chi connectivity index (χ0n) is 10.6. The van der Waals surface area contributed by atoms with Crippen molar-refractivity contribution in [2.75, 3.05) is 0 Å². The third-order valence-electron chi connectivity index (χ3n) is 3.50. The van der Waals surface area contributed by atoms with E-state index in [0.717, 1.165) is 6.42 Å². The highest BCUT2D eigenvalue weighted by Crippen LogP contribution is 2.24. The van der Waals surface area contributed by atoms with Gasteiger partial charge in [-0.25, -0.2) is 0 Å². The maximum Gasteiger partial charge on any atom is -0.00170 e. The smallest absolute Gasteiger partial charge is 0.00170 e. The van der Waals surface area contributed by atoms with Gasteiger partial charge in [0.15, 0.2) is 0 Å². The molecule has 0 heterocycles. The Bertz CT molecular complexity index is 666. The summed E-state index contributed by atoms with van der Waals surface area (Å²) < 4.78 is 0. The predicted molar refractivity (Wildman–Crippen MR) is 77.9 cm³/mol. The van der Waals surface area contributed by atoms with E-state index in [1.165, 1.54) is 27.5 Å². The lowest BCUT2D eigenvalue weighted by molar-refractivity contribution is 1.18. The quantitative estimate of drug-likeness (QED) is 0.598. The molecule has 0 bridgehead atoms. The zero-order valence-corrected chi connectivity index (χ0v) is 10.6. The molecule has 0 saturated carbocycles. The lowest BCUT2D eigenvalue weighted by Crippen LogP contribution is -1.93. The Balaban J connectivity index is 2.13.